The molecule has 0 radical (unpaired) electrons. The molecule has 13 heteroatoms. The number of benzene rings is 2. The van der Waals surface area contributed by atoms with Crippen molar-refractivity contribution in [3.05, 3.63) is 81.5 Å². The van der Waals surface area contributed by atoms with Crippen LogP contribution >= 0.6 is 23.1 Å². The normalized spacial score (nSPS) is 11.6. The molecule has 2 heterocycles. The molecule has 0 fully saturated rings. The minimum atomic E-state index is -0.467. The predicted molar refractivity (Wildman–Crippen MR) is 137 cm³/mol. The number of hydrogen-bond donors (Lipinski definition) is 2. The summed E-state index contributed by atoms with van der Waals surface area (Å²) in [5, 5.41) is 27.6. The molecule has 0 aliphatic rings. The quantitative estimate of drug-likeness (QED) is 0.190. The minimum Gasteiger partial charge on any atom is -0.342 e. The Morgan fingerprint density at radius 3 is 2.69 bits per heavy atom. The van der Waals surface area contributed by atoms with Crippen molar-refractivity contribution in [3.8, 4) is 11.3 Å². The summed E-state index contributed by atoms with van der Waals surface area (Å²) < 4.78 is 1.73. The molecular weight excluding hydrogens is 502 g/mol. The fourth-order valence-electron chi connectivity index (χ4n) is 3.29. The number of carbonyl (C=O) groups is 2. The van der Waals surface area contributed by atoms with Gasteiger partial charge in [-0.25, -0.2) is 4.98 Å². The van der Waals surface area contributed by atoms with Crippen molar-refractivity contribution >= 4 is 45.7 Å². The minimum absolute atomic E-state index is 0.0283. The number of nitrogens with one attached hydrogen (secondary N) is 2. The van der Waals surface area contributed by atoms with Crippen LogP contribution in [0.5, 0.6) is 0 Å². The Morgan fingerprint density at radius 1 is 1.17 bits per heavy atom. The molecule has 0 aliphatic heterocycles. The van der Waals surface area contributed by atoms with Gasteiger partial charge in [-0.2, -0.15) is 0 Å². The van der Waals surface area contributed by atoms with E-state index in [0.29, 0.717) is 32.9 Å². The molecule has 2 aromatic heterocycles. The van der Waals surface area contributed by atoms with Crippen molar-refractivity contribution in [2.24, 2.45) is 7.05 Å². The van der Waals surface area contributed by atoms with Crippen LogP contribution in [0.1, 0.15) is 29.1 Å². The van der Waals surface area contributed by atoms with Crippen LogP contribution in [-0.2, 0) is 11.8 Å². The lowest BCUT2D eigenvalue weighted by Gasteiger charge is -2.13. The van der Waals surface area contributed by atoms with Crippen LogP contribution in [0, 0.1) is 10.1 Å². The number of carbonyl (C=O) groups excluding carboxylic acids is 2. The van der Waals surface area contributed by atoms with Gasteiger partial charge in [-0.15, -0.1) is 21.5 Å². The van der Waals surface area contributed by atoms with Crippen molar-refractivity contribution in [3.63, 3.8) is 0 Å². The number of amides is 2. The fraction of sp³-hybridized carbons (Fsp3) is 0.174. The van der Waals surface area contributed by atoms with Crippen LogP contribution in [0.3, 0.4) is 0 Å². The van der Waals surface area contributed by atoms with Gasteiger partial charge in [0.05, 0.1) is 22.4 Å². The lowest BCUT2D eigenvalue weighted by molar-refractivity contribution is -0.384. The average Bonchev–Trinajstić information content (AvgIpc) is 3.49. The number of thioether (sulfide) groups is 1. The van der Waals surface area contributed by atoms with E-state index in [1.807, 2.05) is 13.0 Å². The highest BCUT2D eigenvalue weighted by molar-refractivity contribution is 7.99. The Bertz CT molecular complexity index is 1400. The average molecular weight is 524 g/mol. The predicted octanol–water partition coefficient (Wildman–Crippen LogP) is 4.07. The third-order valence-corrected chi connectivity index (χ3v) is 6.85. The Morgan fingerprint density at radius 2 is 1.94 bits per heavy atom. The number of nitro benzene ring substituents is 1. The number of rotatable bonds is 9. The van der Waals surface area contributed by atoms with Gasteiger partial charge in [-0.05, 0) is 19.1 Å². The second-order valence-corrected chi connectivity index (χ2v) is 9.44. The smallest absolute Gasteiger partial charge is 0.270 e. The standard InChI is InChI=1S/C23H21N7O4S2/c1-14(24-21(32)15-7-4-3-5-8-15)20-27-28-23(29(20)2)36-13-19(31)26-22-25-18(12-35-22)16-9-6-10-17(11-16)30(33)34/h3-12,14H,13H2,1-2H3,(H,24,32)(H,25,26,31)/t14-/m1/s1. The molecule has 11 nitrogen and oxygen atoms in total. The van der Waals surface area contributed by atoms with Gasteiger partial charge in [0.2, 0.25) is 5.91 Å². The zero-order chi connectivity index (χ0) is 25.7. The van der Waals surface area contributed by atoms with Crippen molar-refractivity contribution in [2.75, 3.05) is 11.1 Å². The largest absolute Gasteiger partial charge is 0.342 e. The van der Waals surface area contributed by atoms with Crippen molar-refractivity contribution in [1.29, 1.82) is 0 Å². The van der Waals surface area contributed by atoms with E-state index in [2.05, 4.69) is 25.8 Å². The number of hydrogen-bond acceptors (Lipinski definition) is 9. The van der Waals surface area contributed by atoms with Gasteiger partial charge < -0.3 is 15.2 Å². The Hall–Kier alpha value is -4.10. The first-order valence-corrected chi connectivity index (χ1v) is 12.6. The summed E-state index contributed by atoms with van der Waals surface area (Å²) in [5.41, 5.74) is 1.65. The molecule has 36 heavy (non-hydrogen) atoms. The fourth-order valence-corrected chi connectivity index (χ4v) is 4.74. The van der Waals surface area contributed by atoms with E-state index in [1.165, 1.54) is 35.2 Å². The topological polar surface area (TPSA) is 145 Å². The highest BCUT2D eigenvalue weighted by atomic mass is 32.2. The first-order valence-electron chi connectivity index (χ1n) is 10.7. The molecule has 0 aliphatic carbocycles. The van der Waals surface area contributed by atoms with Gasteiger partial charge in [-0.3, -0.25) is 19.7 Å². The number of non-ortho nitro benzene ring substituents is 1. The van der Waals surface area contributed by atoms with Gasteiger partial charge in [0.25, 0.3) is 11.6 Å². The summed E-state index contributed by atoms with van der Waals surface area (Å²) in [4.78, 5) is 39.8. The lowest BCUT2D eigenvalue weighted by Crippen LogP contribution is -2.28. The Kier molecular flexibility index (Phi) is 7.71. The summed E-state index contributed by atoms with van der Waals surface area (Å²) in [7, 11) is 1.77. The maximum Gasteiger partial charge on any atom is 0.270 e. The highest BCUT2D eigenvalue weighted by Crippen LogP contribution is 2.28. The molecule has 2 N–H and O–H groups in total. The summed E-state index contributed by atoms with van der Waals surface area (Å²) >= 11 is 2.43. The zero-order valence-electron chi connectivity index (χ0n) is 19.2. The van der Waals surface area contributed by atoms with Crippen LogP contribution in [0.2, 0.25) is 0 Å². The van der Waals surface area contributed by atoms with Crippen LogP contribution in [0.15, 0.2) is 65.1 Å². The van der Waals surface area contributed by atoms with E-state index in [-0.39, 0.29) is 29.3 Å². The Labute approximate surface area is 214 Å². The van der Waals surface area contributed by atoms with E-state index in [0.717, 1.165) is 0 Å². The van der Waals surface area contributed by atoms with Crippen molar-refractivity contribution in [2.45, 2.75) is 18.1 Å². The molecule has 4 aromatic rings. The second kappa shape index (κ2) is 11.1. The number of nitrogens with zero attached hydrogens (tertiary/aromatic N) is 5. The number of nitro groups is 1. The molecule has 0 spiro atoms. The molecule has 0 unspecified atom stereocenters. The maximum absolute atomic E-state index is 12.5. The van der Waals surface area contributed by atoms with Crippen LogP contribution in [0.25, 0.3) is 11.3 Å². The lowest BCUT2D eigenvalue weighted by atomic mass is 10.1. The summed E-state index contributed by atoms with van der Waals surface area (Å²) in [6.45, 7) is 1.81. The van der Waals surface area contributed by atoms with Gasteiger partial charge in [0.15, 0.2) is 16.1 Å². The van der Waals surface area contributed by atoms with Gasteiger partial charge in [0.1, 0.15) is 0 Å². The van der Waals surface area contributed by atoms with E-state index in [9.17, 15) is 19.7 Å². The van der Waals surface area contributed by atoms with Crippen LogP contribution in [-0.4, -0.2) is 42.2 Å². The summed E-state index contributed by atoms with van der Waals surface area (Å²) in [6.07, 6.45) is 0. The Balaban J connectivity index is 1.32. The molecule has 0 saturated carbocycles. The van der Waals surface area contributed by atoms with E-state index in [4.69, 9.17) is 0 Å². The molecule has 4 rings (SSSR count). The van der Waals surface area contributed by atoms with Crippen molar-refractivity contribution in [1.82, 2.24) is 25.1 Å². The first-order chi connectivity index (χ1) is 17.3. The maximum atomic E-state index is 12.5. The summed E-state index contributed by atoms with van der Waals surface area (Å²) in [6, 6.07) is 14.7. The molecule has 2 amide bonds. The van der Waals surface area contributed by atoms with Gasteiger partial charge in [-0.1, -0.05) is 42.1 Å². The van der Waals surface area contributed by atoms with E-state index < -0.39 is 4.92 Å². The number of aromatic nitrogens is 4. The molecule has 0 bridgehead atoms. The number of anilines is 1. The monoisotopic (exact) mass is 523 g/mol. The molecular formula is C23H21N7O4S2. The van der Waals surface area contributed by atoms with E-state index >= 15 is 0 Å². The van der Waals surface area contributed by atoms with Crippen LogP contribution < -0.4 is 10.6 Å². The molecule has 184 valence electrons. The number of thiazole rings is 1. The molecule has 2 aromatic carbocycles. The molecule has 1 atom stereocenters. The van der Waals surface area contributed by atoms with Gasteiger partial charge in [0, 0.05) is 35.7 Å². The van der Waals surface area contributed by atoms with Crippen LogP contribution in [0.4, 0.5) is 10.8 Å². The summed E-state index contributed by atoms with van der Waals surface area (Å²) in [5.74, 6) is 0.133. The van der Waals surface area contributed by atoms with Crippen molar-refractivity contribution < 1.29 is 14.5 Å². The SMILES string of the molecule is C[C@@H](NC(=O)c1ccccc1)c1nnc(SCC(=O)Nc2nc(-c3cccc([N+](=O)[O-])c3)cs2)n1C. The second-order valence-electron chi connectivity index (χ2n) is 7.64. The molecule has 0 saturated heterocycles. The first kappa shape index (κ1) is 25.0. The van der Waals surface area contributed by atoms with Gasteiger partial charge >= 0.3 is 0 Å². The zero-order valence-corrected chi connectivity index (χ0v) is 20.9. The third-order valence-electron chi connectivity index (χ3n) is 5.08. The van der Waals surface area contributed by atoms with E-state index in [1.54, 1.807) is 53.4 Å². The highest BCUT2D eigenvalue weighted by Gasteiger charge is 2.19. The third kappa shape index (κ3) is 5.93.